The number of halogens is 1. The Bertz CT molecular complexity index is 1050. The van der Waals surface area contributed by atoms with E-state index in [4.69, 9.17) is 0 Å². The lowest BCUT2D eigenvalue weighted by molar-refractivity contribution is 0.0990. The zero-order chi connectivity index (χ0) is 18.4. The monoisotopic (exact) mass is 405 g/mol. The van der Waals surface area contributed by atoms with Crippen LogP contribution in [-0.2, 0) is 0 Å². The van der Waals surface area contributed by atoms with E-state index in [0.717, 1.165) is 27.1 Å². The van der Waals surface area contributed by atoms with Crippen molar-refractivity contribution in [1.82, 2.24) is 4.57 Å². The van der Waals surface area contributed by atoms with E-state index in [2.05, 4.69) is 20.5 Å². The summed E-state index contributed by atoms with van der Waals surface area (Å²) < 4.78 is 3.01. The van der Waals surface area contributed by atoms with Crippen LogP contribution in [0.1, 0.15) is 37.7 Å². The van der Waals surface area contributed by atoms with Crippen LogP contribution < -0.4 is 0 Å². The van der Waals surface area contributed by atoms with Crippen molar-refractivity contribution >= 4 is 33.6 Å². The van der Waals surface area contributed by atoms with Gasteiger partial charge in [-0.1, -0.05) is 42.5 Å². The minimum absolute atomic E-state index is 0.206. The summed E-state index contributed by atoms with van der Waals surface area (Å²) >= 11 is 3.64. The maximum absolute atomic E-state index is 12.7. The summed E-state index contributed by atoms with van der Waals surface area (Å²) in [6.07, 6.45) is 1.72. The molecule has 1 aliphatic rings. The third kappa shape index (κ3) is 2.41. The first-order valence-electron chi connectivity index (χ1n) is 8.33. The van der Waals surface area contributed by atoms with Crippen LogP contribution in [-0.4, -0.2) is 16.1 Å². The maximum Gasteiger partial charge on any atom is 0.197 e. The highest BCUT2D eigenvalue weighted by Gasteiger charge is 2.33. The summed E-state index contributed by atoms with van der Waals surface area (Å²) in [5.41, 5.74) is 5.09. The van der Waals surface area contributed by atoms with E-state index < -0.39 is 0 Å². The standard InChI is InChI=1S/C22H16BrNO2/c1-13-18(20(23)14(2)24(13)15-8-4-3-5-9-15)12-19-21(25)16-10-6-7-11-17(16)22(19)26/h3-12H,1-2H3. The first-order chi connectivity index (χ1) is 12.5. The van der Waals surface area contributed by atoms with Gasteiger partial charge >= 0.3 is 0 Å². The Morgan fingerprint density at radius 2 is 1.35 bits per heavy atom. The Labute approximate surface area is 160 Å². The zero-order valence-corrected chi connectivity index (χ0v) is 16.0. The molecule has 2 aromatic carbocycles. The number of ketones is 2. The quantitative estimate of drug-likeness (QED) is 0.427. The van der Waals surface area contributed by atoms with Gasteiger partial charge in [-0.15, -0.1) is 0 Å². The summed E-state index contributed by atoms with van der Waals surface area (Å²) in [5, 5.41) is 0. The molecule has 0 radical (unpaired) electrons. The molecular weight excluding hydrogens is 390 g/mol. The van der Waals surface area contributed by atoms with Gasteiger partial charge in [-0.05, 0) is 48.0 Å². The van der Waals surface area contributed by atoms with Crippen LogP contribution >= 0.6 is 15.9 Å². The molecule has 0 aliphatic heterocycles. The first kappa shape index (κ1) is 16.7. The van der Waals surface area contributed by atoms with Gasteiger partial charge in [0.1, 0.15) is 0 Å². The molecule has 0 saturated heterocycles. The Kier molecular flexibility index (Phi) is 4.00. The van der Waals surface area contributed by atoms with E-state index in [0.29, 0.717) is 11.1 Å². The summed E-state index contributed by atoms with van der Waals surface area (Å²) in [5.74, 6) is -0.413. The second-order valence-corrected chi connectivity index (χ2v) is 7.12. The second kappa shape index (κ2) is 6.22. The molecule has 0 atom stereocenters. The van der Waals surface area contributed by atoms with Gasteiger partial charge in [-0.25, -0.2) is 0 Å². The molecule has 3 aromatic rings. The number of benzene rings is 2. The predicted octanol–water partition coefficient (Wildman–Crippen LogP) is 5.32. The predicted molar refractivity (Wildman–Crippen MR) is 106 cm³/mol. The molecule has 1 aromatic heterocycles. The van der Waals surface area contributed by atoms with Crippen LogP contribution in [0.3, 0.4) is 0 Å². The number of hydrogen-bond acceptors (Lipinski definition) is 2. The lowest BCUT2D eigenvalue weighted by Gasteiger charge is -2.09. The van der Waals surface area contributed by atoms with Crippen LogP contribution in [0.25, 0.3) is 11.8 Å². The van der Waals surface area contributed by atoms with Crippen molar-refractivity contribution < 1.29 is 9.59 Å². The summed E-state index contributed by atoms with van der Waals surface area (Å²) in [6, 6.07) is 17.0. The first-order valence-corrected chi connectivity index (χ1v) is 9.13. The topological polar surface area (TPSA) is 39.1 Å². The van der Waals surface area contributed by atoms with Gasteiger partial charge < -0.3 is 4.57 Å². The molecule has 128 valence electrons. The highest BCUT2D eigenvalue weighted by atomic mass is 79.9. The number of carbonyl (C=O) groups is 2. The smallest absolute Gasteiger partial charge is 0.197 e. The average Bonchev–Trinajstić information content (AvgIpc) is 3.03. The summed E-state index contributed by atoms with van der Waals surface area (Å²) in [7, 11) is 0. The van der Waals surface area contributed by atoms with Gasteiger partial charge in [0.25, 0.3) is 0 Å². The number of para-hydroxylation sites is 1. The molecule has 0 fully saturated rings. The van der Waals surface area contributed by atoms with E-state index in [1.165, 1.54) is 0 Å². The number of nitrogens with zero attached hydrogens (tertiary/aromatic N) is 1. The van der Waals surface area contributed by atoms with Crippen LogP contribution in [0.2, 0.25) is 0 Å². The van der Waals surface area contributed by atoms with E-state index in [1.807, 2.05) is 44.2 Å². The Hall–Kier alpha value is -2.72. The summed E-state index contributed by atoms with van der Waals surface area (Å²) in [6.45, 7) is 4.01. The lowest BCUT2D eigenvalue weighted by atomic mass is 10.1. The van der Waals surface area contributed by atoms with Crippen molar-refractivity contribution in [2.45, 2.75) is 13.8 Å². The highest BCUT2D eigenvalue weighted by molar-refractivity contribution is 9.10. The molecule has 3 nitrogen and oxygen atoms in total. The van der Waals surface area contributed by atoms with E-state index in [-0.39, 0.29) is 17.1 Å². The fourth-order valence-corrected chi connectivity index (χ4v) is 4.08. The molecular formula is C22H16BrNO2. The summed E-state index contributed by atoms with van der Waals surface area (Å²) in [4.78, 5) is 25.4. The minimum atomic E-state index is -0.206. The molecule has 1 heterocycles. The number of hydrogen-bond donors (Lipinski definition) is 0. The Morgan fingerprint density at radius 3 is 1.92 bits per heavy atom. The zero-order valence-electron chi connectivity index (χ0n) is 14.4. The highest BCUT2D eigenvalue weighted by Crippen LogP contribution is 2.35. The van der Waals surface area contributed by atoms with Crippen molar-refractivity contribution in [1.29, 1.82) is 0 Å². The van der Waals surface area contributed by atoms with Gasteiger partial charge in [0.05, 0.1) is 5.57 Å². The SMILES string of the molecule is Cc1c(Br)c(C=C2C(=O)c3ccccc3C2=O)c(C)n1-c1ccccc1. The average molecular weight is 406 g/mol. The number of Topliss-reactive ketones (excluding diaryl/α,β-unsaturated/α-hetero) is 2. The largest absolute Gasteiger partial charge is 0.317 e. The van der Waals surface area contributed by atoms with Crippen molar-refractivity contribution in [3.05, 3.63) is 92.7 Å². The number of fused-ring (bicyclic) bond motifs is 1. The van der Waals surface area contributed by atoms with Crippen LogP contribution in [0, 0.1) is 13.8 Å². The van der Waals surface area contributed by atoms with Crippen molar-refractivity contribution in [3.8, 4) is 5.69 Å². The number of carbonyl (C=O) groups excluding carboxylic acids is 2. The minimum Gasteiger partial charge on any atom is -0.317 e. The molecule has 0 amide bonds. The normalized spacial score (nSPS) is 13.3. The van der Waals surface area contributed by atoms with Gasteiger partial charge in [-0.3, -0.25) is 9.59 Å². The van der Waals surface area contributed by atoms with Crippen LogP contribution in [0.5, 0.6) is 0 Å². The third-order valence-corrected chi connectivity index (χ3v) is 5.82. The third-order valence-electron chi connectivity index (χ3n) is 4.82. The fourth-order valence-electron chi connectivity index (χ4n) is 3.50. The Morgan fingerprint density at radius 1 is 0.808 bits per heavy atom. The van der Waals surface area contributed by atoms with Crippen molar-refractivity contribution in [3.63, 3.8) is 0 Å². The van der Waals surface area contributed by atoms with Gasteiger partial charge in [0, 0.05) is 38.2 Å². The van der Waals surface area contributed by atoms with Crippen LogP contribution in [0.15, 0.2) is 64.6 Å². The molecule has 0 unspecified atom stereocenters. The number of allylic oxidation sites excluding steroid dienone is 1. The Balaban J connectivity index is 1.88. The van der Waals surface area contributed by atoms with E-state index in [1.54, 1.807) is 30.3 Å². The molecule has 1 aliphatic carbocycles. The molecule has 26 heavy (non-hydrogen) atoms. The van der Waals surface area contributed by atoms with Gasteiger partial charge in [-0.2, -0.15) is 0 Å². The number of rotatable bonds is 2. The molecule has 0 saturated carbocycles. The van der Waals surface area contributed by atoms with E-state index >= 15 is 0 Å². The van der Waals surface area contributed by atoms with Crippen molar-refractivity contribution in [2.24, 2.45) is 0 Å². The van der Waals surface area contributed by atoms with Crippen LogP contribution in [0.4, 0.5) is 0 Å². The molecule has 0 bridgehead atoms. The molecule has 4 rings (SSSR count). The molecule has 0 N–H and O–H groups in total. The number of aromatic nitrogens is 1. The fraction of sp³-hybridized carbons (Fsp3) is 0.0909. The van der Waals surface area contributed by atoms with Gasteiger partial charge in [0.2, 0.25) is 0 Å². The lowest BCUT2D eigenvalue weighted by Crippen LogP contribution is -2.01. The molecule has 4 heteroatoms. The molecule has 0 spiro atoms. The van der Waals surface area contributed by atoms with E-state index in [9.17, 15) is 9.59 Å². The van der Waals surface area contributed by atoms with Gasteiger partial charge in [0.15, 0.2) is 11.6 Å². The van der Waals surface area contributed by atoms with Crippen molar-refractivity contribution in [2.75, 3.05) is 0 Å². The maximum atomic E-state index is 12.7. The second-order valence-electron chi connectivity index (χ2n) is 6.33.